The summed E-state index contributed by atoms with van der Waals surface area (Å²) in [5.41, 5.74) is 12.8. The molecule has 4 aliphatic rings. The Morgan fingerprint density at radius 1 is 0.764 bits per heavy atom. The van der Waals surface area contributed by atoms with Gasteiger partial charge in [-0.1, -0.05) is 81.8 Å². The van der Waals surface area contributed by atoms with Crippen molar-refractivity contribution in [2.24, 2.45) is 38.7 Å². The number of nitrogens with two attached hydrogens (primary N) is 3. The molecule has 2 saturated carbocycles. The number of benzene rings is 2. The monoisotopic (exact) mass is 1150 g/mol. The van der Waals surface area contributed by atoms with Gasteiger partial charge in [0.2, 0.25) is 11.9 Å². The quantitative estimate of drug-likeness (QED) is 0.0397. The van der Waals surface area contributed by atoms with Crippen molar-refractivity contribution in [3.05, 3.63) is 97.1 Å². The molecule has 9 N–H and O–H groups in total. The lowest BCUT2D eigenvalue weighted by atomic mass is 9.74. The van der Waals surface area contributed by atoms with E-state index in [-0.39, 0.29) is 20.6 Å². The minimum absolute atomic E-state index is 0.226. The van der Waals surface area contributed by atoms with Gasteiger partial charge in [0.25, 0.3) is 0 Å². The topological polar surface area (TPSA) is 239 Å². The highest BCUT2D eigenvalue weighted by Crippen LogP contribution is 2.48. The molecule has 0 unspecified atom stereocenters. The third-order valence-electron chi connectivity index (χ3n) is 14.6. The van der Waals surface area contributed by atoms with Gasteiger partial charge in [-0.2, -0.15) is 0 Å². The van der Waals surface area contributed by atoms with Crippen LogP contribution in [0.3, 0.4) is 0 Å². The number of hydrogen-bond donors (Lipinski definition) is 6. The molecule has 4 aromatic heterocycles. The largest absolute Gasteiger partial charge is 0.489 e. The van der Waals surface area contributed by atoms with Crippen molar-refractivity contribution in [1.29, 1.82) is 0 Å². The summed E-state index contributed by atoms with van der Waals surface area (Å²) in [6, 6.07) is 10.7. The van der Waals surface area contributed by atoms with E-state index >= 15 is 0 Å². The summed E-state index contributed by atoms with van der Waals surface area (Å²) in [6.45, 7) is 14.1. The number of halogens is 5. The van der Waals surface area contributed by atoms with Crippen LogP contribution < -0.4 is 37.4 Å². The van der Waals surface area contributed by atoms with Crippen LogP contribution in [0.25, 0.3) is 22.4 Å². The molecule has 3 atom stereocenters. The van der Waals surface area contributed by atoms with Crippen LogP contribution in [0.15, 0.2) is 76.1 Å². The van der Waals surface area contributed by atoms with Crippen LogP contribution in [0.4, 0.5) is 11.9 Å². The van der Waals surface area contributed by atoms with Crippen LogP contribution >= 0.6 is 62.3 Å². The molecule has 2 spiro atoms. The zero-order valence-electron chi connectivity index (χ0n) is 41.2. The van der Waals surface area contributed by atoms with E-state index in [1.165, 1.54) is 44.2 Å². The van der Waals surface area contributed by atoms with Crippen molar-refractivity contribution in [2.75, 3.05) is 36.0 Å². The first kappa shape index (κ1) is 55.9. The summed E-state index contributed by atoms with van der Waals surface area (Å²) in [6.07, 6.45) is 19.4. The Morgan fingerprint density at radius 3 is 1.81 bits per heavy atom. The predicted octanol–water partition coefficient (Wildman–Crippen LogP) is 8.96. The summed E-state index contributed by atoms with van der Waals surface area (Å²) in [5.74, 6) is 10.6. The molecular weight excluding hydrogens is 1090 g/mol. The minimum Gasteiger partial charge on any atom is -0.423 e. The Bertz CT molecular complexity index is 2880. The average molecular weight is 1150 g/mol. The van der Waals surface area contributed by atoms with Gasteiger partial charge in [0.1, 0.15) is 5.65 Å². The van der Waals surface area contributed by atoms with Crippen molar-refractivity contribution < 1.29 is 14.3 Å². The average Bonchev–Trinajstić information content (AvgIpc) is 4.17. The first-order valence-corrected chi connectivity index (χ1v) is 27.5. The Hall–Kier alpha value is -3.83. The van der Waals surface area contributed by atoms with Crippen LogP contribution in [0.2, 0.25) is 20.1 Å². The molecule has 0 radical (unpaired) electrons. The van der Waals surface area contributed by atoms with E-state index < -0.39 is 18.1 Å². The molecule has 4 fully saturated rings. The normalized spacial score (nSPS) is 19.8. The number of rotatable bonds is 6. The number of nitrogens with one attached hydrogen (secondary N) is 1. The number of nitrogens with zero attached hydrogens (tertiary/aromatic N) is 10. The van der Waals surface area contributed by atoms with E-state index in [0.29, 0.717) is 32.6 Å². The number of piperidine rings is 2. The highest BCUT2D eigenvalue weighted by molar-refractivity contribution is 9.10. The fraction of sp³-hybridized carbons (Fsp3) is 0.500. The van der Waals surface area contributed by atoms with Crippen LogP contribution in [0.1, 0.15) is 96.4 Å². The smallest absolute Gasteiger partial charge is 0.423 e. The van der Waals surface area contributed by atoms with Crippen LogP contribution in [0.5, 0.6) is 0 Å². The van der Waals surface area contributed by atoms with Gasteiger partial charge < -0.3 is 37.3 Å². The molecule has 2 saturated heterocycles. The zero-order valence-corrected chi connectivity index (χ0v) is 46.6. The van der Waals surface area contributed by atoms with Crippen LogP contribution in [-0.2, 0) is 11.0 Å². The summed E-state index contributed by atoms with van der Waals surface area (Å²) < 4.78 is 21.1. The van der Waals surface area contributed by atoms with Gasteiger partial charge in [-0.05, 0) is 137 Å². The van der Waals surface area contributed by atoms with Crippen molar-refractivity contribution in [2.45, 2.75) is 116 Å². The molecule has 0 bridgehead atoms. The number of hydrogen-bond acceptors (Lipinski definition) is 12. The van der Waals surface area contributed by atoms with Gasteiger partial charge in [-0.3, -0.25) is 8.80 Å². The molecule has 72 heavy (non-hydrogen) atoms. The third-order valence-corrected chi connectivity index (χ3v) is 18.3. The summed E-state index contributed by atoms with van der Waals surface area (Å²) in [5, 5.41) is 24.7. The first-order chi connectivity index (χ1) is 34.2. The van der Waals surface area contributed by atoms with Gasteiger partial charge >= 0.3 is 7.12 Å². The van der Waals surface area contributed by atoms with E-state index in [2.05, 4.69) is 71.4 Å². The van der Waals surface area contributed by atoms with Gasteiger partial charge in [0, 0.05) is 94.7 Å². The summed E-state index contributed by atoms with van der Waals surface area (Å²) >= 11 is 27.4. The molecule has 0 amide bonds. The number of fused-ring (bicyclic) bond motifs is 2. The van der Waals surface area contributed by atoms with Gasteiger partial charge in [0.15, 0.2) is 5.65 Å². The van der Waals surface area contributed by atoms with E-state index in [4.69, 9.17) is 72.2 Å². The van der Waals surface area contributed by atoms with E-state index in [1.54, 1.807) is 12.1 Å². The van der Waals surface area contributed by atoms with Crippen LogP contribution in [-0.4, -0.2) is 93.1 Å². The summed E-state index contributed by atoms with van der Waals surface area (Å²) in [4.78, 5) is 23.7. The fourth-order valence-electron chi connectivity index (χ4n) is 10.6. The highest BCUT2D eigenvalue weighted by Gasteiger charge is 2.47. The molecule has 10 rings (SSSR count). The Kier molecular flexibility index (Phi) is 18.5. The molecule has 6 heterocycles. The molecule has 2 aromatic carbocycles. The molecule has 17 nitrogen and oxygen atoms in total. The lowest BCUT2D eigenvalue weighted by Gasteiger charge is -2.44. The number of anilines is 2. The molecule has 388 valence electrons. The zero-order chi connectivity index (χ0) is 52.1. The van der Waals surface area contributed by atoms with Crippen molar-refractivity contribution in [3.8, 4) is 11.1 Å². The first-order valence-electron chi connectivity index (χ1n) is 24.1. The second-order valence-corrected chi connectivity index (χ2v) is 24.4. The van der Waals surface area contributed by atoms with E-state index in [0.717, 1.165) is 108 Å². The fourth-order valence-corrected chi connectivity index (χ4v) is 13.0. The lowest BCUT2D eigenvalue weighted by molar-refractivity contribution is 0.187. The molecule has 24 heteroatoms. The Balaban J connectivity index is 0.000000165. The van der Waals surface area contributed by atoms with Gasteiger partial charge in [-0.15, -0.1) is 0 Å². The van der Waals surface area contributed by atoms with Crippen molar-refractivity contribution >= 4 is 109 Å². The standard InChI is InChI=1S/C22H25Cl2N5.C20H30BrN5OS.C6H5BCl2O2.H4N4/c1-14-19(16-5-4-15(23)13-17(16)24)20-26-9-12-29(20)21(27-14)28-10-7-22(8-11-28)6-2-3-18(22)25;1-14-16(21)17-22-10-13-26(17)18(23-14)25-11-8-20(9-12-25)7-5-6-15(20)24-28(27)19(2,3)4;8-4-1-2-5(7(10)11)6(9)3-4;1-3-4-2/h4-5,9,12-13,18H,2-3,6-8,10-11,25H2,1H3;10,13,15,24H,5-9,11-12H2,1-4H3;1-3,10-11H;(H2,1,4)(H2,2,3)/t18-;15-,28-;;/m11../s1. The Morgan fingerprint density at radius 2 is 1.28 bits per heavy atom. The molecular formula is C48H64BBrCl4N14O3S. The molecule has 2 aliphatic heterocycles. The maximum absolute atomic E-state index is 12.7. The summed E-state index contributed by atoms with van der Waals surface area (Å²) in [7, 11) is -2.55. The van der Waals surface area contributed by atoms with E-state index in [1.807, 2.05) is 71.5 Å². The Labute approximate surface area is 452 Å². The van der Waals surface area contributed by atoms with Crippen molar-refractivity contribution in [3.63, 3.8) is 0 Å². The number of aryl methyl sites for hydroxylation is 2. The van der Waals surface area contributed by atoms with Gasteiger partial charge in [-0.25, -0.2) is 28.9 Å². The third kappa shape index (κ3) is 12.3. The number of imidazole rings is 2. The van der Waals surface area contributed by atoms with Crippen LogP contribution in [0, 0.1) is 24.7 Å². The maximum Gasteiger partial charge on any atom is 0.489 e. The van der Waals surface area contributed by atoms with Crippen molar-refractivity contribution in [1.82, 2.24) is 33.5 Å². The highest BCUT2D eigenvalue weighted by atomic mass is 79.9. The number of aromatic nitrogens is 6. The molecule has 2 aliphatic carbocycles. The second kappa shape index (κ2) is 23.8. The second-order valence-electron chi connectivity index (χ2n) is 20.0. The predicted molar refractivity (Wildman–Crippen MR) is 296 cm³/mol. The molecule has 6 aromatic rings. The van der Waals surface area contributed by atoms with E-state index in [9.17, 15) is 4.21 Å². The maximum atomic E-state index is 12.7. The SMILES string of the molecule is Cc1nc(N2CCC3(CCC[C@H]3N)CC2)n2ccnc2c1-c1ccc(Cl)cc1Cl.Cc1nc(N2CCC3(CCC[C@H]3N[S@](=O)C(C)(C)C)CC2)n2ccnc2c1Br.N/N=N/N.OB(O)c1ccc(Cl)cc1Cl. The van der Waals surface area contributed by atoms with Gasteiger partial charge in [0.05, 0.1) is 36.6 Å². The lowest BCUT2D eigenvalue weighted by Crippen LogP contribution is -2.51. The minimum atomic E-state index is -1.54.